The molecule has 0 atom stereocenters. The van der Waals surface area contributed by atoms with Crippen molar-refractivity contribution in [2.24, 2.45) is 0 Å². The lowest BCUT2D eigenvalue weighted by Crippen LogP contribution is -2.21. The van der Waals surface area contributed by atoms with Crippen molar-refractivity contribution in [1.29, 1.82) is 0 Å². The Balaban J connectivity index is 2.33. The van der Waals surface area contributed by atoms with Crippen LogP contribution in [0, 0.1) is 13.8 Å². The molecule has 0 aliphatic heterocycles. The number of amides is 1. The summed E-state index contributed by atoms with van der Waals surface area (Å²) in [7, 11) is 0. The zero-order chi connectivity index (χ0) is 14.0. The lowest BCUT2D eigenvalue weighted by atomic mass is 10.1. The van der Waals surface area contributed by atoms with Crippen molar-refractivity contribution < 1.29 is 4.79 Å². The smallest absolute Gasteiger partial charge is 0.272 e. The summed E-state index contributed by atoms with van der Waals surface area (Å²) in [6, 6.07) is 6.03. The Morgan fingerprint density at radius 1 is 1.32 bits per heavy atom. The Bertz CT molecular complexity index is 677. The van der Waals surface area contributed by atoms with Gasteiger partial charge in [0.1, 0.15) is 5.69 Å². The number of aromatic nitrogens is 1. The predicted molar refractivity (Wildman–Crippen MR) is 79.2 cm³/mol. The molecule has 2 N–H and O–H groups in total. The minimum Gasteiger partial charge on any atom is -0.351 e. The van der Waals surface area contributed by atoms with E-state index in [1.165, 1.54) is 5.56 Å². The number of aryl methyl sites for hydroxylation is 2. The van der Waals surface area contributed by atoms with Gasteiger partial charge < -0.3 is 10.3 Å². The number of rotatable bonds is 3. The summed E-state index contributed by atoms with van der Waals surface area (Å²) < 4.78 is 0. The van der Waals surface area contributed by atoms with E-state index in [2.05, 4.69) is 22.9 Å². The van der Waals surface area contributed by atoms with Crippen LogP contribution in [0.4, 0.5) is 0 Å². The second-order valence-corrected chi connectivity index (χ2v) is 4.71. The van der Waals surface area contributed by atoms with Crippen molar-refractivity contribution >= 4 is 16.8 Å². The molecule has 19 heavy (non-hydrogen) atoms. The standard InChI is InChI=1S/C16H18N2O/c1-5-6-12(4)17-16(19)15-9-13-11(3)7-10(2)8-14(13)18-15/h5-9,18H,4H2,1-3H3,(H,17,19)/b6-5-. The van der Waals surface area contributed by atoms with Gasteiger partial charge in [0, 0.05) is 16.6 Å². The van der Waals surface area contributed by atoms with Crippen molar-refractivity contribution in [2.75, 3.05) is 0 Å². The number of benzene rings is 1. The molecule has 1 heterocycles. The molecule has 0 saturated heterocycles. The molecule has 0 aliphatic carbocycles. The summed E-state index contributed by atoms with van der Waals surface area (Å²) in [5, 5.41) is 3.82. The lowest BCUT2D eigenvalue weighted by Gasteiger charge is -2.01. The summed E-state index contributed by atoms with van der Waals surface area (Å²) in [4.78, 5) is 15.2. The average Bonchev–Trinajstić information content (AvgIpc) is 2.73. The topological polar surface area (TPSA) is 44.9 Å². The molecule has 0 saturated carbocycles. The van der Waals surface area contributed by atoms with Crippen molar-refractivity contribution in [1.82, 2.24) is 10.3 Å². The molecule has 1 aromatic heterocycles. The normalized spacial score (nSPS) is 11.1. The van der Waals surface area contributed by atoms with Gasteiger partial charge in [-0.15, -0.1) is 0 Å². The van der Waals surface area contributed by atoms with Crippen LogP contribution < -0.4 is 5.32 Å². The molecule has 0 unspecified atom stereocenters. The average molecular weight is 254 g/mol. The fourth-order valence-electron chi connectivity index (χ4n) is 2.18. The molecule has 0 aliphatic rings. The zero-order valence-electron chi connectivity index (χ0n) is 11.5. The quantitative estimate of drug-likeness (QED) is 0.807. The third kappa shape index (κ3) is 2.76. The van der Waals surface area contributed by atoms with Crippen LogP contribution in [0.1, 0.15) is 28.5 Å². The van der Waals surface area contributed by atoms with E-state index in [0.717, 1.165) is 16.5 Å². The lowest BCUT2D eigenvalue weighted by molar-refractivity contribution is 0.0963. The van der Waals surface area contributed by atoms with Crippen LogP contribution >= 0.6 is 0 Å². The van der Waals surface area contributed by atoms with Gasteiger partial charge in [-0.1, -0.05) is 18.7 Å². The van der Waals surface area contributed by atoms with Crippen LogP contribution in [0.15, 0.2) is 42.6 Å². The first-order valence-electron chi connectivity index (χ1n) is 6.24. The van der Waals surface area contributed by atoms with E-state index >= 15 is 0 Å². The third-order valence-electron chi connectivity index (χ3n) is 2.98. The van der Waals surface area contributed by atoms with E-state index in [9.17, 15) is 4.79 Å². The summed E-state index contributed by atoms with van der Waals surface area (Å²) in [6.45, 7) is 9.73. The highest BCUT2D eigenvalue weighted by Crippen LogP contribution is 2.21. The van der Waals surface area contributed by atoms with E-state index in [1.54, 1.807) is 6.08 Å². The first-order chi connectivity index (χ1) is 9.01. The Hall–Kier alpha value is -2.29. The molecule has 0 radical (unpaired) electrons. The van der Waals surface area contributed by atoms with Gasteiger partial charge in [-0.2, -0.15) is 0 Å². The number of H-pyrrole nitrogens is 1. The van der Waals surface area contributed by atoms with E-state index in [4.69, 9.17) is 0 Å². The molecule has 2 rings (SSSR count). The molecule has 3 nitrogen and oxygen atoms in total. The van der Waals surface area contributed by atoms with Gasteiger partial charge in [0.25, 0.3) is 5.91 Å². The number of nitrogens with one attached hydrogen (secondary N) is 2. The van der Waals surface area contributed by atoms with Crippen molar-refractivity contribution in [3.05, 3.63) is 59.4 Å². The van der Waals surface area contributed by atoms with E-state index < -0.39 is 0 Å². The van der Waals surface area contributed by atoms with Crippen LogP contribution in [0.5, 0.6) is 0 Å². The van der Waals surface area contributed by atoms with Crippen molar-refractivity contribution in [3.8, 4) is 0 Å². The molecule has 3 heteroatoms. The molecule has 98 valence electrons. The van der Waals surface area contributed by atoms with Crippen molar-refractivity contribution in [3.63, 3.8) is 0 Å². The van der Waals surface area contributed by atoms with Gasteiger partial charge in [-0.25, -0.2) is 0 Å². The molecule has 0 fully saturated rings. The Morgan fingerprint density at radius 2 is 2.05 bits per heavy atom. The number of hydrogen-bond donors (Lipinski definition) is 2. The minimum absolute atomic E-state index is 0.170. The second kappa shape index (κ2) is 5.14. The van der Waals surface area contributed by atoms with E-state index in [1.807, 2.05) is 39.0 Å². The first kappa shape index (κ1) is 13.1. The summed E-state index contributed by atoms with van der Waals surface area (Å²) in [5.74, 6) is -0.170. The van der Waals surface area contributed by atoms with Gasteiger partial charge in [0.2, 0.25) is 0 Å². The molecule has 1 aromatic carbocycles. The largest absolute Gasteiger partial charge is 0.351 e. The number of carbonyl (C=O) groups excluding carboxylic acids is 1. The fraction of sp³-hybridized carbons (Fsp3) is 0.188. The van der Waals surface area contributed by atoms with Gasteiger partial charge in [0.05, 0.1) is 0 Å². The Labute approximate surface area is 113 Å². The van der Waals surface area contributed by atoms with E-state index in [-0.39, 0.29) is 5.91 Å². The maximum absolute atomic E-state index is 12.1. The number of hydrogen-bond acceptors (Lipinski definition) is 1. The summed E-state index contributed by atoms with van der Waals surface area (Å²) >= 11 is 0. The maximum Gasteiger partial charge on any atom is 0.272 e. The molecule has 1 amide bonds. The Morgan fingerprint density at radius 3 is 2.74 bits per heavy atom. The molecule has 0 spiro atoms. The van der Waals surface area contributed by atoms with Crippen LogP contribution in [0.2, 0.25) is 0 Å². The van der Waals surface area contributed by atoms with Gasteiger partial charge in [0.15, 0.2) is 0 Å². The minimum atomic E-state index is -0.170. The summed E-state index contributed by atoms with van der Waals surface area (Å²) in [6.07, 6.45) is 3.59. The highest BCUT2D eigenvalue weighted by atomic mass is 16.1. The SMILES string of the molecule is C=C(/C=C\C)NC(=O)c1cc2c(C)cc(C)cc2[nH]1. The number of aromatic amines is 1. The predicted octanol–water partition coefficient (Wildman–Crippen LogP) is 3.60. The highest BCUT2D eigenvalue weighted by molar-refractivity contribution is 5.99. The highest BCUT2D eigenvalue weighted by Gasteiger charge is 2.11. The number of carbonyl (C=O) groups is 1. The number of fused-ring (bicyclic) bond motifs is 1. The van der Waals surface area contributed by atoms with Crippen LogP contribution in [-0.2, 0) is 0 Å². The second-order valence-electron chi connectivity index (χ2n) is 4.71. The van der Waals surface area contributed by atoms with Crippen molar-refractivity contribution in [2.45, 2.75) is 20.8 Å². The van der Waals surface area contributed by atoms with Gasteiger partial charge in [-0.05, 0) is 50.1 Å². The van der Waals surface area contributed by atoms with Crippen LogP contribution in [0.3, 0.4) is 0 Å². The Kier molecular flexibility index (Phi) is 3.56. The molecular weight excluding hydrogens is 236 g/mol. The molecular formula is C16H18N2O. The van der Waals surface area contributed by atoms with E-state index in [0.29, 0.717) is 11.4 Å². The summed E-state index contributed by atoms with van der Waals surface area (Å²) in [5.41, 5.74) is 4.46. The fourth-order valence-corrected chi connectivity index (χ4v) is 2.18. The molecule has 0 bridgehead atoms. The van der Waals surface area contributed by atoms with Gasteiger partial charge >= 0.3 is 0 Å². The van der Waals surface area contributed by atoms with Crippen LogP contribution in [-0.4, -0.2) is 10.9 Å². The number of allylic oxidation sites excluding steroid dienone is 2. The molecule has 2 aromatic rings. The monoisotopic (exact) mass is 254 g/mol. The van der Waals surface area contributed by atoms with Crippen LogP contribution in [0.25, 0.3) is 10.9 Å². The van der Waals surface area contributed by atoms with Gasteiger partial charge in [-0.3, -0.25) is 4.79 Å². The maximum atomic E-state index is 12.1. The third-order valence-corrected chi connectivity index (χ3v) is 2.98. The zero-order valence-corrected chi connectivity index (χ0v) is 11.5. The first-order valence-corrected chi connectivity index (χ1v) is 6.24.